The third-order valence-corrected chi connectivity index (χ3v) is 3.64. The highest BCUT2D eigenvalue weighted by Crippen LogP contribution is 2.43. The monoisotopic (exact) mass is 192 g/mol. The molecule has 0 unspecified atom stereocenters. The van der Waals surface area contributed by atoms with E-state index in [4.69, 9.17) is 0 Å². The van der Waals surface area contributed by atoms with E-state index >= 15 is 0 Å². The molecule has 0 atom stereocenters. The van der Waals surface area contributed by atoms with E-state index in [0.29, 0.717) is 13.1 Å². The molecule has 0 aliphatic carbocycles. The Balaban J connectivity index is 2.49. The van der Waals surface area contributed by atoms with E-state index in [0.717, 1.165) is 13.1 Å². The Morgan fingerprint density at radius 1 is 1.25 bits per heavy atom. The average molecular weight is 192 g/mol. The van der Waals surface area contributed by atoms with Gasteiger partial charge in [-0.2, -0.15) is 0 Å². The van der Waals surface area contributed by atoms with E-state index < -0.39 is 10.8 Å². The predicted molar refractivity (Wildman–Crippen MR) is 52.1 cm³/mol. The van der Waals surface area contributed by atoms with Crippen LogP contribution in [0.3, 0.4) is 0 Å². The van der Waals surface area contributed by atoms with E-state index in [2.05, 4.69) is 11.5 Å². The molecule has 1 aliphatic rings. The highest BCUT2D eigenvalue weighted by Gasteiger charge is 2.23. The molecule has 0 aromatic carbocycles. The van der Waals surface area contributed by atoms with Crippen LogP contribution < -0.4 is 0 Å². The van der Waals surface area contributed by atoms with Gasteiger partial charge in [0.1, 0.15) is 0 Å². The van der Waals surface area contributed by atoms with Crippen LogP contribution in [0.1, 0.15) is 0 Å². The molecule has 0 spiro atoms. The van der Waals surface area contributed by atoms with Crippen molar-refractivity contribution in [2.45, 2.75) is 0 Å². The van der Waals surface area contributed by atoms with Crippen LogP contribution >= 0.6 is 10.8 Å². The molecule has 5 heteroatoms. The lowest BCUT2D eigenvalue weighted by molar-refractivity contribution is 0.211. The number of piperazine rings is 1. The summed E-state index contributed by atoms with van der Waals surface area (Å²) < 4.78 is 20.6. The minimum atomic E-state index is -2.67. The molecule has 1 heterocycles. The van der Waals surface area contributed by atoms with E-state index in [1.807, 2.05) is 7.05 Å². The zero-order valence-electron chi connectivity index (χ0n) is 7.31. The van der Waals surface area contributed by atoms with Gasteiger partial charge in [-0.25, -0.2) is 4.31 Å². The van der Waals surface area contributed by atoms with E-state index in [1.54, 1.807) is 4.31 Å². The SMILES string of the molecule is C=CS(O)(O)N1CCN(C)CC1. The normalized spacial score (nSPS) is 23.9. The Morgan fingerprint density at radius 2 is 1.75 bits per heavy atom. The van der Waals surface area contributed by atoms with Crippen LogP contribution in [-0.4, -0.2) is 51.5 Å². The predicted octanol–water partition coefficient (Wildman–Crippen LogP) is 1.04. The zero-order chi connectivity index (χ0) is 9.19. The quantitative estimate of drug-likeness (QED) is 0.686. The number of rotatable bonds is 2. The Bertz CT molecular complexity index is 167. The van der Waals surface area contributed by atoms with E-state index in [-0.39, 0.29) is 0 Å². The van der Waals surface area contributed by atoms with Crippen LogP contribution in [0.5, 0.6) is 0 Å². The third kappa shape index (κ3) is 2.21. The first kappa shape index (κ1) is 10.0. The van der Waals surface area contributed by atoms with Gasteiger partial charge in [-0.05, 0) is 7.05 Å². The lowest BCUT2D eigenvalue weighted by Gasteiger charge is -2.44. The summed E-state index contributed by atoms with van der Waals surface area (Å²) >= 11 is 0. The van der Waals surface area contributed by atoms with Crippen molar-refractivity contribution in [1.82, 2.24) is 9.21 Å². The fraction of sp³-hybridized carbons (Fsp3) is 0.714. The van der Waals surface area contributed by atoms with Gasteiger partial charge in [0.25, 0.3) is 0 Å². The third-order valence-electron chi connectivity index (χ3n) is 2.07. The van der Waals surface area contributed by atoms with Crippen molar-refractivity contribution in [3.8, 4) is 0 Å². The average Bonchev–Trinajstić information content (AvgIpc) is 2.05. The lowest BCUT2D eigenvalue weighted by atomic mass is 10.4. The van der Waals surface area contributed by atoms with Gasteiger partial charge in [-0.3, -0.25) is 9.11 Å². The molecule has 0 saturated carbocycles. The van der Waals surface area contributed by atoms with E-state index in [9.17, 15) is 9.11 Å². The molecule has 12 heavy (non-hydrogen) atoms. The van der Waals surface area contributed by atoms with Crippen molar-refractivity contribution in [3.63, 3.8) is 0 Å². The Morgan fingerprint density at radius 3 is 2.17 bits per heavy atom. The minimum absolute atomic E-state index is 0.699. The van der Waals surface area contributed by atoms with Gasteiger partial charge in [-0.1, -0.05) is 6.58 Å². The van der Waals surface area contributed by atoms with Crippen molar-refractivity contribution in [2.75, 3.05) is 33.2 Å². The Hall–Kier alpha value is -0.0700. The summed E-state index contributed by atoms with van der Waals surface area (Å²) in [5.74, 6) is 0. The van der Waals surface area contributed by atoms with Crippen molar-refractivity contribution in [3.05, 3.63) is 12.0 Å². The van der Waals surface area contributed by atoms with Gasteiger partial charge in [-0.15, -0.1) is 10.8 Å². The summed E-state index contributed by atoms with van der Waals surface area (Å²) in [5.41, 5.74) is 0. The highest BCUT2D eigenvalue weighted by atomic mass is 32.3. The molecule has 1 fully saturated rings. The Kier molecular flexibility index (Phi) is 3.14. The maximum atomic E-state index is 9.46. The van der Waals surface area contributed by atoms with Gasteiger partial charge < -0.3 is 4.90 Å². The molecule has 4 nitrogen and oxygen atoms in total. The number of likely N-dealkylation sites (N-methyl/N-ethyl adjacent to an activating group) is 1. The smallest absolute Gasteiger partial charge is 0.0319 e. The topological polar surface area (TPSA) is 46.9 Å². The van der Waals surface area contributed by atoms with Gasteiger partial charge in [0, 0.05) is 31.6 Å². The van der Waals surface area contributed by atoms with Crippen molar-refractivity contribution in [2.24, 2.45) is 0 Å². The van der Waals surface area contributed by atoms with E-state index in [1.165, 1.54) is 5.41 Å². The molecule has 0 aromatic rings. The van der Waals surface area contributed by atoms with Crippen LogP contribution in [0.4, 0.5) is 0 Å². The molecular formula is C7H16N2O2S. The minimum Gasteiger partial charge on any atom is -0.304 e. The Labute approximate surface area is 75.0 Å². The van der Waals surface area contributed by atoms with Gasteiger partial charge >= 0.3 is 0 Å². The molecule has 0 aromatic heterocycles. The van der Waals surface area contributed by atoms with Gasteiger partial charge in [0.15, 0.2) is 0 Å². The second-order valence-electron chi connectivity index (χ2n) is 2.96. The highest BCUT2D eigenvalue weighted by molar-refractivity contribution is 8.24. The number of hydrogen-bond donors (Lipinski definition) is 2. The maximum absolute atomic E-state index is 9.46. The molecule has 72 valence electrons. The number of hydrogen-bond acceptors (Lipinski definition) is 4. The van der Waals surface area contributed by atoms with Gasteiger partial charge in [0.2, 0.25) is 0 Å². The van der Waals surface area contributed by atoms with Gasteiger partial charge in [0.05, 0.1) is 0 Å². The largest absolute Gasteiger partial charge is 0.304 e. The fourth-order valence-electron chi connectivity index (χ4n) is 1.16. The first-order valence-electron chi connectivity index (χ1n) is 3.90. The summed E-state index contributed by atoms with van der Waals surface area (Å²) in [6.45, 7) is 6.56. The summed E-state index contributed by atoms with van der Waals surface area (Å²) in [6.07, 6.45) is 0. The standard InChI is InChI=1S/C7H16N2O2S/c1-3-12(10,11)9-6-4-8(2)5-7-9/h3,10-11H,1,4-7H2,2H3. The van der Waals surface area contributed by atoms with Crippen LogP contribution in [0.25, 0.3) is 0 Å². The molecule has 0 amide bonds. The summed E-state index contributed by atoms with van der Waals surface area (Å²) in [6, 6.07) is 0. The number of nitrogens with zero attached hydrogens (tertiary/aromatic N) is 2. The van der Waals surface area contributed by atoms with Crippen LogP contribution in [0.2, 0.25) is 0 Å². The van der Waals surface area contributed by atoms with Crippen molar-refractivity contribution in [1.29, 1.82) is 0 Å². The zero-order valence-corrected chi connectivity index (χ0v) is 8.13. The summed E-state index contributed by atoms with van der Waals surface area (Å²) in [5, 5.41) is 1.23. The maximum Gasteiger partial charge on any atom is 0.0319 e. The molecule has 0 bridgehead atoms. The molecule has 1 aliphatic heterocycles. The van der Waals surface area contributed by atoms with Crippen LogP contribution in [0.15, 0.2) is 12.0 Å². The fourth-order valence-corrected chi connectivity index (χ4v) is 2.07. The second kappa shape index (κ2) is 3.76. The molecule has 2 N–H and O–H groups in total. The first-order valence-corrected chi connectivity index (χ1v) is 5.47. The lowest BCUT2D eigenvalue weighted by Crippen LogP contribution is -2.44. The molecule has 1 rings (SSSR count). The van der Waals surface area contributed by atoms with Crippen LogP contribution in [-0.2, 0) is 0 Å². The van der Waals surface area contributed by atoms with Crippen LogP contribution in [0, 0.1) is 0 Å². The summed E-state index contributed by atoms with van der Waals surface area (Å²) in [4.78, 5) is 2.16. The van der Waals surface area contributed by atoms with Crippen molar-refractivity contribution < 1.29 is 9.11 Å². The van der Waals surface area contributed by atoms with Crippen molar-refractivity contribution >= 4 is 10.8 Å². The molecule has 1 saturated heterocycles. The first-order chi connectivity index (χ1) is 5.56. The molecule has 0 radical (unpaired) electrons. The molecular weight excluding hydrogens is 176 g/mol. The summed E-state index contributed by atoms with van der Waals surface area (Å²) in [7, 11) is -0.649. The second-order valence-corrected chi connectivity index (χ2v) is 4.93.